The molecule has 0 bridgehead atoms. The van der Waals surface area contributed by atoms with Crippen LogP contribution in [0.1, 0.15) is 16.1 Å². The SMILES string of the molecule is COc1cccc(C=Nc2ccc(Cc3nc4ccccc4s3)cc2)c1O. The van der Waals surface area contributed by atoms with Crippen LogP contribution in [-0.2, 0) is 6.42 Å². The lowest BCUT2D eigenvalue weighted by atomic mass is 10.1. The van der Waals surface area contributed by atoms with E-state index in [0.29, 0.717) is 11.3 Å². The highest BCUT2D eigenvalue weighted by Crippen LogP contribution is 2.29. The van der Waals surface area contributed by atoms with Crippen molar-refractivity contribution in [3.05, 3.63) is 82.9 Å². The van der Waals surface area contributed by atoms with Gasteiger partial charge >= 0.3 is 0 Å². The van der Waals surface area contributed by atoms with Crippen LogP contribution in [0.4, 0.5) is 5.69 Å². The van der Waals surface area contributed by atoms with Gasteiger partial charge in [-0.3, -0.25) is 4.99 Å². The van der Waals surface area contributed by atoms with E-state index in [9.17, 15) is 5.11 Å². The summed E-state index contributed by atoms with van der Waals surface area (Å²) in [5, 5.41) is 11.2. The van der Waals surface area contributed by atoms with Crippen molar-refractivity contribution in [1.82, 2.24) is 4.98 Å². The van der Waals surface area contributed by atoms with Gasteiger partial charge in [-0.05, 0) is 42.0 Å². The fraction of sp³-hybridized carbons (Fsp3) is 0.0909. The zero-order valence-corrected chi connectivity index (χ0v) is 15.6. The summed E-state index contributed by atoms with van der Waals surface area (Å²) in [6.45, 7) is 0. The lowest BCUT2D eigenvalue weighted by Crippen LogP contribution is -1.88. The lowest BCUT2D eigenvalue weighted by molar-refractivity contribution is 0.373. The average Bonchev–Trinajstić information content (AvgIpc) is 3.10. The number of ether oxygens (including phenoxy) is 1. The first-order valence-electron chi connectivity index (χ1n) is 8.56. The molecule has 0 amide bonds. The van der Waals surface area contributed by atoms with Gasteiger partial charge < -0.3 is 9.84 Å². The number of hydrogen-bond donors (Lipinski definition) is 1. The van der Waals surface area contributed by atoms with Gasteiger partial charge in [-0.15, -0.1) is 11.3 Å². The first kappa shape index (κ1) is 17.2. The smallest absolute Gasteiger partial charge is 0.166 e. The number of aromatic hydroxyl groups is 1. The number of benzene rings is 3. The maximum Gasteiger partial charge on any atom is 0.166 e. The van der Waals surface area contributed by atoms with Crippen molar-refractivity contribution in [3.8, 4) is 11.5 Å². The third-order valence-electron chi connectivity index (χ3n) is 4.23. The Balaban J connectivity index is 1.49. The summed E-state index contributed by atoms with van der Waals surface area (Å²) in [7, 11) is 1.53. The summed E-state index contributed by atoms with van der Waals surface area (Å²) >= 11 is 1.73. The molecule has 0 aliphatic carbocycles. The van der Waals surface area contributed by atoms with Gasteiger partial charge in [-0.2, -0.15) is 0 Å². The molecule has 0 aliphatic heterocycles. The number of aromatic nitrogens is 1. The molecule has 0 atom stereocenters. The van der Waals surface area contributed by atoms with Crippen LogP contribution in [0.5, 0.6) is 11.5 Å². The van der Waals surface area contributed by atoms with Gasteiger partial charge in [0.2, 0.25) is 0 Å². The van der Waals surface area contributed by atoms with Crippen LogP contribution in [0.2, 0.25) is 0 Å². The van der Waals surface area contributed by atoms with Crippen molar-refractivity contribution in [3.63, 3.8) is 0 Å². The van der Waals surface area contributed by atoms with E-state index in [1.165, 1.54) is 17.4 Å². The van der Waals surface area contributed by atoms with Gasteiger partial charge in [0.1, 0.15) is 0 Å². The summed E-state index contributed by atoms with van der Waals surface area (Å²) in [5.41, 5.74) is 3.69. The molecule has 4 rings (SSSR count). The van der Waals surface area contributed by atoms with E-state index in [0.717, 1.165) is 22.6 Å². The third-order valence-corrected chi connectivity index (χ3v) is 5.27. The van der Waals surface area contributed by atoms with Crippen molar-refractivity contribution < 1.29 is 9.84 Å². The number of hydrogen-bond acceptors (Lipinski definition) is 5. The highest BCUT2D eigenvalue weighted by atomic mass is 32.1. The van der Waals surface area contributed by atoms with Gasteiger partial charge in [0.25, 0.3) is 0 Å². The topological polar surface area (TPSA) is 54.7 Å². The van der Waals surface area contributed by atoms with Gasteiger partial charge in [-0.25, -0.2) is 4.98 Å². The maximum absolute atomic E-state index is 10.1. The summed E-state index contributed by atoms with van der Waals surface area (Å²) in [4.78, 5) is 9.12. The van der Waals surface area contributed by atoms with E-state index in [1.54, 1.807) is 29.7 Å². The number of methoxy groups -OCH3 is 1. The minimum absolute atomic E-state index is 0.0937. The molecule has 0 saturated heterocycles. The Bertz CT molecular complexity index is 1070. The first-order chi connectivity index (χ1) is 13.2. The highest BCUT2D eigenvalue weighted by molar-refractivity contribution is 7.18. The molecule has 134 valence electrons. The number of phenolic OH excluding ortho intramolecular Hbond substituents is 1. The fourth-order valence-electron chi connectivity index (χ4n) is 2.82. The minimum atomic E-state index is 0.0937. The molecule has 0 unspecified atom stereocenters. The zero-order valence-electron chi connectivity index (χ0n) is 14.8. The van der Waals surface area contributed by atoms with Gasteiger partial charge in [0.15, 0.2) is 11.5 Å². The molecule has 4 nitrogen and oxygen atoms in total. The molecule has 27 heavy (non-hydrogen) atoms. The number of thiazole rings is 1. The molecular weight excluding hydrogens is 356 g/mol. The third kappa shape index (κ3) is 3.83. The van der Waals surface area contributed by atoms with Crippen LogP contribution in [0.3, 0.4) is 0 Å². The maximum atomic E-state index is 10.1. The lowest BCUT2D eigenvalue weighted by Gasteiger charge is -2.05. The Labute approximate surface area is 161 Å². The molecule has 1 N–H and O–H groups in total. The van der Waals surface area contributed by atoms with Crippen LogP contribution >= 0.6 is 11.3 Å². The molecule has 0 aliphatic rings. The summed E-state index contributed by atoms with van der Waals surface area (Å²) < 4.78 is 6.33. The van der Waals surface area contributed by atoms with Crippen molar-refractivity contribution >= 4 is 33.5 Å². The molecule has 5 heteroatoms. The number of para-hydroxylation sites is 2. The van der Waals surface area contributed by atoms with Crippen LogP contribution < -0.4 is 4.74 Å². The Morgan fingerprint density at radius 3 is 2.63 bits per heavy atom. The number of rotatable bonds is 5. The van der Waals surface area contributed by atoms with Gasteiger partial charge in [0, 0.05) is 18.2 Å². The second kappa shape index (κ2) is 7.60. The van der Waals surface area contributed by atoms with E-state index in [1.807, 2.05) is 36.4 Å². The molecule has 0 radical (unpaired) electrons. The van der Waals surface area contributed by atoms with Crippen LogP contribution in [0.25, 0.3) is 10.2 Å². The summed E-state index contributed by atoms with van der Waals surface area (Å²) in [6, 6.07) is 21.6. The molecule has 1 aromatic heterocycles. The van der Waals surface area contributed by atoms with E-state index in [2.05, 4.69) is 28.2 Å². The van der Waals surface area contributed by atoms with Crippen molar-refractivity contribution in [2.24, 2.45) is 4.99 Å². The molecule has 3 aromatic carbocycles. The summed E-state index contributed by atoms with van der Waals surface area (Å²) in [6.07, 6.45) is 2.44. The number of nitrogens with zero attached hydrogens (tertiary/aromatic N) is 2. The quantitative estimate of drug-likeness (QED) is 0.479. The Morgan fingerprint density at radius 1 is 1.04 bits per heavy atom. The van der Waals surface area contributed by atoms with E-state index in [-0.39, 0.29) is 5.75 Å². The highest BCUT2D eigenvalue weighted by Gasteiger charge is 2.06. The molecule has 0 spiro atoms. The van der Waals surface area contributed by atoms with E-state index < -0.39 is 0 Å². The Morgan fingerprint density at radius 2 is 1.85 bits per heavy atom. The molecule has 1 heterocycles. The zero-order chi connectivity index (χ0) is 18.6. The monoisotopic (exact) mass is 374 g/mol. The molecule has 0 saturated carbocycles. The Kier molecular flexibility index (Phi) is 4.85. The molecular formula is C22H18N2O2S. The number of phenols is 1. The summed E-state index contributed by atoms with van der Waals surface area (Å²) in [5.74, 6) is 0.529. The van der Waals surface area contributed by atoms with E-state index in [4.69, 9.17) is 4.74 Å². The van der Waals surface area contributed by atoms with Crippen molar-refractivity contribution in [2.45, 2.75) is 6.42 Å². The van der Waals surface area contributed by atoms with E-state index >= 15 is 0 Å². The van der Waals surface area contributed by atoms with Crippen LogP contribution in [-0.4, -0.2) is 23.4 Å². The number of fused-ring (bicyclic) bond motifs is 1. The molecule has 4 aromatic rings. The van der Waals surface area contributed by atoms with Gasteiger partial charge in [-0.1, -0.05) is 30.3 Å². The minimum Gasteiger partial charge on any atom is -0.504 e. The molecule has 0 fully saturated rings. The number of aliphatic imine (C=N–C) groups is 1. The first-order valence-corrected chi connectivity index (χ1v) is 9.38. The standard InChI is InChI=1S/C22H18N2O2S/c1-26-19-7-4-5-16(22(19)25)14-23-17-11-9-15(10-12-17)13-21-24-18-6-2-3-8-20(18)27-21/h2-12,14,25H,13H2,1H3. The second-order valence-electron chi connectivity index (χ2n) is 6.07. The fourth-order valence-corrected chi connectivity index (χ4v) is 3.82. The average molecular weight is 374 g/mol. The van der Waals surface area contributed by atoms with Gasteiger partial charge in [0.05, 0.1) is 28.0 Å². The predicted octanol–water partition coefficient (Wildman–Crippen LogP) is 5.35. The Hall–Kier alpha value is -3.18. The second-order valence-corrected chi connectivity index (χ2v) is 7.19. The predicted molar refractivity (Wildman–Crippen MR) is 111 cm³/mol. The largest absolute Gasteiger partial charge is 0.504 e. The van der Waals surface area contributed by atoms with Crippen LogP contribution in [0, 0.1) is 0 Å². The van der Waals surface area contributed by atoms with Crippen LogP contribution in [0.15, 0.2) is 71.7 Å². The van der Waals surface area contributed by atoms with Crippen molar-refractivity contribution in [2.75, 3.05) is 7.11 Å². The van der Waals surface area contributed by atoms with Crippen molar-refractivity contribution in [1.29, 1.82) is 0 Å². The normalized spacial score (nSPS) is 11.3.